The van der Waals surface area contributed by atoms with E-state index in [2.05, 4.69) is 38.5 Å². The van der Waals surface area contributed by atoms with Crippen molar-refractivity contribution < 1.29 is 23.9 Å². The number of rotatable bonds is 7. The van der Waals surface area contributed by atoms with Gasteiger partial charge in [0.25, 0.3) is 11.1 Å². The fourth-order valence-corrected chi connectivity index (χ4v) is 5.93. The van der Waals surface area contributed by atoms with Gasteiger partial charge in [-0.25, -0.2) is 0 Å². The number of imide groups is 1. The van der Waals surface area contributed by atoms with Crippen molar-refractivity contribution in [1.29, 1.82) is 0 Å². The van der Waals surface area contributed by atoms with Gasteiger partial charge in [0.15, 0.2) is 11.5 Å². The number of nitrogens with zero attached hydrogens (tertiary/aromatic N) is 2. The molecule has 0 atom stereocenters. The third kappa shape index (κ3) is 6.63. The Kier molecular flexibility index (Phi) is 9.35. The molecule has 190 valence electrons. The molecule has 2 aromatic carbocycles. The molecule has 2 aliphatic heterocycles. The molecule has 3 amide bonds. The molecule has 2 fully saturated rings. The number of ether oxygens (including phenoxy) is 2. The Morgan fingerprint density at radius 2 is 1.81 bits per heavy atom. The molecule has 7 nitrogen and oxygen atoms in total. The van der Waals surface area contributed by atoms with Crippen molar-refractivity contribution in [3.05, 3.63) is 60.5 Å². The summed E-state index contributed by atoms with van der Waals surface area (Å²) in [5, 5.41) is -0.425. The highest BCUT2D eigenvalue weighted by Gasteiger charge is 2.37. The Balaban J connectivity index is 1.47. The molecular weight excluding hydrogens is 659 g/mol. The lowest BCUT2D eigenvalue weighted by Gasteiger charge is -2.22. The summed E-state index contributed by atoms with van der Waals surface area (Å²) in [5.74, 6) is 0.511. The van der Waals surface area contributed by atoms with Gasteiger partial charge >= 0.3 is 0 Å². The first-order valence-electron chi connectivity index (χ1n) is 11.6. The minimum absolute atomic E-state index is 0.177. The van der Waals surface area contributed by atoms with Crippen LogP contribution in [0.3, 0.4) is 0 Å². The second-order valence-electron chi connectivity index (χ2n) is 8.51. The topological polar surface area (TPSA) is 76.2 Å². The molecule has 2 aliphatic rings. The molecule has 0 radical (unpaired) electrons. The first kappa shape index (κ1) is 27.0. The van der Waals surface area contributed by atoms with Crippen molar-refractivity contribution >= 4 is 73.4 Å². The molecule has 2 saturated heterocycles. The van der Waals surface area contributed by atoms with E-state index < -0.39 is 11.1 Å². The molecule has 0 saturated carbocycles. The molecule has 0 aromatic heterocycles. The summed E-state index contributed by atoms with van der Waals surface area (Å²) in [4.78, 5) is 41.4. The smallest absolute Gasteiger partial charge is 0.294 e. The van der Waals surface area contributed by atoms with Crippen molar-refractivity contribution in [2.45, 2.75) is 32.3 Å². The molecule has 4 rings (SSSR count). The number of amides is 3. The monoisotopic (exact) mass is 684 g/mol. The zero-order chi connectivity index (χ0) is 25.7. The lowest BCUT2D eigenvalue weighted by molar-refractivity contribution is -0.135. The number of carbonyl (C=O) groups excluding carboxylic acids is 3. The van der Waals surface area contributed by atoms with Gasteiger partial charge in [-0.3, -0.25) is 19.3 Å². The van der Waals surface area contributed by atoms with Crippen LogP contribution in [0.4, 0.5) is 4.79 Å². The number of benzene rings is 2. The number of hydrogen-bond donors (Lipinski definition) is 0. The molecular formula is C26H26BrIN2O5S. The molecule has 0 N–H and O–H groups in total. The maximum absolute atomic E-state index is 13.0. The van der Waals surface area contributed by atoms with E-state index >= 15 is 0 Å². The summed E-state index contributed by atoms with van der Waals surface area (Å²) in [6, 6.07) is 11.5. The van der Waals surface area contributed by atoms with Crippen molar-refractivity contribution in [3.8, 4) is 11.5 Å². The van der Waals surface area contributed by atoms with Crippen molar-refractivity contribution in [1.82, 2.24) is 9.80 Å². The Labute approximate surface area is 236 Å². The minimum atomic E-state index is -0.447. The highest BCUT2D eigenvalue weighted by molar-refractivity contribution is 14.1. The lowest BCUT2D eigenvalue weighted by Crippen LogP contribution is -2.42. The highest BCUT2D eigenvalue weighted by atomic mass is 127. The van der Waals surface area contributed by atoms with Crippen LogP contribution >= 0.6 is 50.3 Å². The summed E-state index contributed by atoms with van der Waals surface area (Å²) in [7, 11) is 1.56. The molecule has 0 spiro atoms. The van der Waals surface area contributed by atoms with Crippen LogP contribution in [0.2, 0.25) is 0 Å². The first-order chi connectivity index (χ1) is 17.4. The number of methoxy groups -OCH3 is 1. The van der Waals surface area contributed by atoms with Gasteiger partial charge in [0.05, 0.1) is 15.6 Å². The average molecular weight is 685 g/mol. The number of halogens is 2. The Morgan fingerprint density at radius 1 is 1.11 bits per heavy atom. The van der Waals surface area contributed by atoms with Crippen molar-refractivity contribution in [3.63, 3.8) is 0 Å². The van der Waals surface area contributed by atoms with Gasteiger partial charge in [-0.05, 0) is 88.7 Å². The van der Waals surface area contributed by atoms with Gasteiger partial charge in [0.1, 0.15) is 13.2 Å². The van der Waals surface area contributed by atoms with Crippen LogP contribution in [0.1, 0.15) is 36.8 Å². The van der Waals surface area contributed by atoms with Gasteiger partial charge in [0.2, 0.25) is 5.91 Å². The molecule has 0 bridgehead atoms. The summed E-state index contributed by atoms with van der Waals surface area (Å²) < 4.78 is 13.4. The van der Waals surface area contributed by atoms with E-state index in [1.807, 2.05) is 30.3 Å². The maximum Gasteiger partial charge on any atom is 0.294 e. The third-order valence-electron chi connectivity index (χ3n) is 5.97. The van der Waals surface area contributed by atoms with Gasteiger partial charge in [-0.15, -0.1) is 0 Å². The Hall–Kier alpha value is -2.05. The van der Waals surface area contributed by atoms with E-state index in [1.165, 1.54) is 0 Å². The van der Waals surface area contributed by atoms with Gasteiger partial charge < -0.3 is 14.4 Å². The summed E-state index contributed by atoms with van der Waals surface area (Å²) >= 11 is 6.44. The van der Waals surface area contributed by atoms with E-state index in [1.54, 1.807) is 24.2 Å². The fraction of sp³-hybridized carbons (Fsp3) is 0.346. The predicted octanol–water partition coefficient (Wildman–Crippen LogP) is 6.08. The van der Waals surface area contributed by atoms with Gasteiger partial charge in [0, 0.05) is 17.6 Å². The summed E-state index contributed by atoms with van der Waals surface area (Å²) in [6.45, 7) is 1.52. The highest BCUT2D eigenvalue weighted by Crippen LogP contribution is 2.37. The minimum Gasteiger partial charge on any atom is -0.493 e. The van der Waals surface area contributed by atoms with Gasteiger partial charge in [-0.1, -0.05) is 40.9 Å². The molecule has 10 heteroatoms. The average Bonchev–Trinajstić information content (AvgIpc) is 3.05. The van der Waals surface area contributed by atoms with Crippen LogP contribution in [0.25, 0.3) is 6.08 Å². The molecule has 36 heavy (non-hydrogen) atoms. The van der Waals surface area contributed by atoms with Crippen LogP contribution in [-0.2, 0) is 16.2 Å². The standard InChI is InChI=1S/C26H26BrIN2O5S/c1-34-21-13-18(12-20(28)24(21)35-16-17-6-8-19(27)9-7-17)14-22-25(32)30(26(33)36-22)15-23(31)29-10-4-2-3-5-11-29/h6-9,12-14H,2-5,10-11,15-16H2,1H3. The molecule has 2 heterocycles. The zero-order valence-electron chi connectivity index (χ0n) is 19.8. The van der Waals surface area contributed by atoms with E-state index in [4.69, 9.17) is 9.47 Å². The van der Waals surface area contributed by atoms with E-state index in [-0.39, 0.29) is 17.4 Å². The predicted molar refractivity (Wildman–Crippen MR) is 152 cm³/mol. The van der Waals surface area contributed by atoms with E-state index in [9.17, 15) is 14.4 Å². The second-order valence-corrected chi connectivity index (χ2v) is 11.6. The normalized spacial score (nSPS) is 17.5. The SMILES string of the molecule is COc1cc(C=C2SC(=O)N(CC(=O)N3CCCCCC3)C2=O)cc(I)c1OCc1ccc(Br)cc1. The largest absolute Gasteiger partial charge is 0.493 e. The Bertz CT molecular complexity index is 1180. The van der Waals surface area contributed by atoms with Crippen LogP contribution in [-0.4, -0.2) is 53.6 Å². The first-order valence-corrected chi connectivity index (χ1v) is 14.3. The molecule has 0 aliphatic carbocycles. The van der Waals surface area contributed by atoms with Crippen molar-refractivity contribution in [2.75, 3.05) is 26.7 Å². The molecule has 2 aromatic rings. The number of likely N-dealkylation sites (tertiary alicyclic amines) is 1. The Morgan fingerprint density at radius 3 is 2.47 bits per heavy atom. The van der Waals surface area contributed by atoms with Crippen molar-refractivity contribution in [2.24, 2.45) is 0 Å². The van der Waals surface area contributed by atoms with E-state index in [0.717, 1.165) is 56.0 Å². The number of hydrogen-bond acceptors (Lipinski definition) is 6. The molecule has 0 unspecified atom stereocenters. The third-order valence-corrected chi connectivity index (χ3v) is 8.21. The number of thioether (sulfide) groups is 1. The van der Waals surface area contributed by atoms with Crippen LogP contribution in [0, 0.1) is 3.57 Å². The maximum atomic E-state index is 13.0. The van der Waals surface area contributed by atoms with Gasteiger partial charge in [-0.2, -0.15) is 0 Å². The lowest BCUT2D eigenvalue weighted by atomic mass is 10.1. The fourth-order valence-electron chi connectivity index (χ4n) is 4.04. The van der Waals surface area contributed by atoms with Crippen LogP contribution in [0.15, 0.2) is 45.8 Å². The van der Waals surface area contributed by atoms with Crippen LogP contribution < -0.4 is 9.47 Å². The quantitative estimate of drug-likeness (QED) is 0.260. The van der Waals surface area contributed by atoms with Crippen LogP contribution in [0.5, 0.6) is 11.5 Å². The second kappa shape index (κ2) is 12.5. The zero-order valence-corrected chi connectivity index (χ0v) is 24.4. The summed E-state index contributed by atoms with van der Waals surface area (Å²) in [6.07, 6.45) is 5.77. The summed E-state index contributed by atoms with van der Waals surface area (Å²) in [5.41, 5.74) is 1.72. The van der Waals surface area contributed by atoms with E-state index in [0.29, 0.717) is 36.8 Å². The number of carbonyl (C=O) groups is 3.